The number of nitrogens with zero attached hydrogens (tertiary/aromatic N) is 3. The Bertz CT molecular complexity index is 1090. The van der Waals surface area contributed by atoms with Gasteiger partial charge in [0, 0.05) is 23.6 Å². The molecule has 2 aromatic carbocycles. The first kappa shape index (κ1) is 15.8. The lowest BCUT2D eigenvalue weighted by Gasteiger charge is -2.09. The summed E-state index contributed by atoms with van der Waals surface area (Å²) in [5.74, 6) is -0.625. The molecule has 0 radical (unpaired) electrons. The van der Waals surface area contributed by atoms with Gasteiger partial charge in [-0.1, -0.05) is 0 Å². The molecule has 2 aromatic heterocycles. The molecule has 2 N–H and O–H groups in total. The maximum atomic E-state index is 13.3. The minimum atomic E-state index is -0.982. The van der Waals surface area contributed by atoms with Crippen LogP contribution in [0.4, 0.5) is 15.9 Å². The number of nitrogens with one attached hydrogen (secondary N) is 1. The third-order valence-electron chi connectivity index (χ3n) is 3.94. The third kappa shape index (κ3) is 2.86. The lowest BCUT2D eigenvalue weighted by atomic mass is 10.1. The molecule has 0 spiro atoms. The number of anilines is 2. The smallest absolute Gasteiger partial charge is 0.335 e. The van der Waals surface area contributed by atoms with Crippen molar-refractivity contribution in [3.63, 3.8) is 0 Å². The molecule has 0 fully saturated rings. The zero-order valence-corrected chi connectivity index (χ0v) is 13.4. The summed E-state index contributed by atoms with van der Waals surface area (Å²) in [4.78, 5) is 19.7. The van der Waals surface area contributed by atoms with Crippen LogP contribution in [-0.4, -0.2) is 25.4 Å². The van der Waals surface area contributed by atoms with Gasteiger partial charge in [-0.25, -0.2) is 14.2 Å². The van der Waals surface area contributed by atoms with E-state index in [2.05, 4.69) is 15.3 Å². The zero-order valence-electron chi connectivity index (χ0n) is 13.4. The highest BCUT2D eigenvalue weighted by molar-refractivity contribution is 5.88. The van der Waals surface area contributed by atoms with Crippen LogP contribution < -0.4 is 5.32 Å². The highest BCUT2D eigenvalue weighted by atomic mass is 19.1. The molecule has 128 valence electrons. The molecular formula is C19H13FN4O2. The van der Waals surface area contributed by atoms with Crippen molar-refractivity contribution in [2.45, 2.75) is 0 Å². The number of hydrogen-bond donors (Lipinski definition) is 2. The van der Waals surface area contributed by atoms with Crippen LogP contribution in [-0.2, 0) is 0 Å². The number of aromatic carboxylic acids is 1. The van der Waals surface area contributed by atoms with E-state index in [-0.39, 0.29) is 11.4 Å². The van der Waals surface area contributed by atoms with Gasteiger partial charge < -0.3 is 10.4 Å². The van der Waals surface area contributed by atoms with Crippen molar-refractivity contribution in [1.29, 1.82) is 0 Å². The number of aromatic nitrogens is 3. The van der Waals surface area contributed by atoms with Gasteiger partial charge in [0.1, 0.15) is 17.3 Å². The molecule has 0 saturated carbocycles. The zero-order chi connectivity index (χ0) is 18.1. The van der Waals surface area contributed by atoms with E-state index in [0.29, 0.717) is 22.8 Å². The summed E-state index contributed by atoms with van der Waals surface area (Å²) in [6.07, 6.45) is 5.04. The van der Waals surface area contributed by atoms with E-state index in [1.807, 2.05) is 4.40 Å². The topological polar surface area (TPSA) is 79.5 Å². The predicted octanol–water partition coefficient (Wildman–Crippen LogP) is 3.98. The molecule has 0 aliphatic carbocycles. The Morgan fingerprint density at radius 1 is 1.08 bits per heavy atom. The van der Waals surface area contributed by atoms with Crippen LogP contribution in [0.5, 0.6) is 0 Å². The van der Waals surface area contributed by atoms with Gasteiger partial charge in [0.25, 0.3) is 0 Å². The van der Waals surface area contributed by atoms with E-state index in [0.717, 1.165) is 5.56 Å². The fraction of sp³-hybridized carbons (Fsp3) is 0. The number of hydrogen-bond acceptors (Lipinski definition) is 4. The SMILES string of the molecule is O=C(O)c1ccc(Nc2c(-c3ccc(F)cc3)nc3cnccn23)cc1. The number of benzene rings is 2. The van der Waals surface area contributed by atoms with Crippen molar-refractivity contribution in [3.05, 3.63) is 78.5 Å². The number of halogens is 1. The molecule has 0 aliphatic heterocycles. The van der Waals surface area contributed by atoms with E-state index in [1.165, 1.54) is 24.3 Å². The molecule has 0 saturated heterocycles. The van der Waals surface area contributed by atoms with E-state index in [9.17, 15) is 9.18 Å². The number of carboxylic acid groups (broad SMARTS) is 1. The van der Waals surface area contributed by atoms with Crippen molar-refractivity contribution in [2.75, 3.05) is 5.32 Å². The Labute approximate surface area is 147 Å². The Morgan fingerprint density at radius 3 is 2.50 bits per heavy atom. The Balaban J connectivity index is 1.81. The maximum Gasteiger partial charge on any atom is 0.335 e. The van der Waals surface area contributed by atoms with Crippen molar-refractivity contribution in [1.82, 2.24) is 14.4 Å². The molecule has 7 heteroatoms. The van der Waals surface area contributed by atoms with Gasteiger partial charge >= 0.3 is 5.97 Å². The average molecular weight is 348 g/mol. The van der Waals surface area contributed by atoms with Crippen molar-refractivity contribution < 1.29 is 14.3 Å². The van der Waals surface area contributed by atoms with Crippen LogP contribution in [0.2, 0.25) is 0 Å². The first-order valence-electron chi connectivity index (χ1n) is 7.80. The van der Waals surface area contributed by atoms with Gasteiger partial charge in [-0.15, -0.1) is 0 Å². The molecule has 0 unspecified atom stereocenters. The largest absolute Gasteiger partial charge is 0.478 e. The van der Waals surface area contributed by atoms with Gasteiger partial charge in [-0.05, 0) is 48.5 Å². The Morgan fingerprint density at radius 2 is 1.81 bits per heavy atom. The number of imidazole rings is 1. The van der Waals surface area contributed by atoms with Crippen LogP contribution >= 0.6 is 0 Å². The van der Waals surface area contributed by atoms with Crippen LogP contribution in [0.1, 0.15) is 10.4 Å². The molecule has 4 aromatic rings. The second-order valence-corrected chi connectivity index (χ2v) is 5.63. The van der Waals surface area contributed by atoms with Crippen molar-refractivity contribution in [2.24, 2.45) is 0 Å². The molecule has 0 amide bonds. The summed E-state index contributed by atoms with van der Waals surface area (Å²) in [6, 6.07) is 12.5. The minimum absolute atomic E-state index is 0.205. The first-order valence-corrected chi connectivity index (χ1v) is 7.80. The lowest BCUT2D eigenvalue weighted by molar-refractivity contribution is 0.0697. The summed E-state index contributed by atoms with van der Waals surface area (Å²) >= 11 is 0. The number of fused-ring (bicyclic) bond motifs is 1. The monoisotopic (exact) mass is 348 g/mol. The molecule has 4 rings (SSSR count). The normalized spacial score (nSPS) is 10.8. The van der Waals surface area contributed by atoms with Crippen molar-refractivity contribution >= 4 is 23.1 Å². The third-order valence-corrected chi connectivity index (χ3v) is 3.94. The van der Waals surface area contributed by atoms with E-state index in [1.54, 1.807) is 42.9 Å². The standard InChI is InChI=1S/C19H13FN4O2/c20-14-5-1-12(2-6-14)17-18(24-10-9-21-11-16(24)23-17)22-15-7-3-13(4-8-15)19(25)26/h1-11,22H,(H,25,26). The second-order valence-electron chi connectivity index (χ2n) is 5.63. The van der Waals surface area contributed by atoms with Crippen LogP contribution in [0, 0.1) is 5.82 Å². The average Bonchev–Trinajstić information content (AvgIpc) is 3.01. The predicted molar refractivity (Wildman–Crippen MR) is 95.1 cm³/mol. The van der Waals surface area contributed by atoms with E-state index < -0.39 is 5.97 Å². The van der Waals surface area contributed by atoms with Crippen molar-refractivity contribution in [3.8, 4) is 11.3 Å². The molecule has 26 heavy (non-hydrogen) atoms. The lowest BCUT2D eigenvalue weighted by Crippen LogP contribution is -1.99. The summed E-state index contributed by atoms with van der Waals surface area (Å²) < 4.78 is 15.1. The summed E-state index contributed by atoms with van der Waals surface area (Å²) in [5.41, 5.74) is 2.94. The number of carboxylic acids is 1. The Kier molecular flexibility index (Phi) is 3.81. The molecule has 6 nitrogen and oxygen atoms in total. The fourth-order valence-electron chi connectivity index (χ4n) is 2.67. The van der Waals surface area contributed by atoms with Gasteiger partial charge in [-0.3, -0.25) is 9.38 Å². The molecular weight excluding hydrogens is 335 g/mol. The molecule has 0 atom stereocenters. The Hall–Kier alpha value is -3.74. The maximum absolute atomic E-state index is 13.3. The van der Waals surface area contributed by atoms with Gasteiger partial charge in [0.2, 0.25) is 0 Å². The highest BCUT2D eigenvalue weighted by Crippen LogP contribution is 2.31. The number of rotatable bonds is 4. The van der Waals surface area contributed by atoms with E-state index >= 15 is 0 Å². The molecule has 2 heterocycles. The van der Waals surface area contributed by atoms with Crippen LogP contribution in [0.3, 0.4) is 0 Å². The summed E-state index contributed by atoms with van der Waals surface area (Å²) in [5, 5.41) is 12.3. The minimum Gasteiger partial charge on any atom is -0.478 e. The molecule has 0 aliphatic rings. The van der Waals surface area contributed by atoms with Crippen LogP contribution in [0.25, 0.3) is 16.9 Å². The van der Waals surface area contributed by atoms with Gasteiger partial charge in [-0.2, -0.15) is 0 Å². The first-order chi connectivity index (χ1) is 12.6. The fourth-order valence-corrected chi connectivity index (χ4v) is 2.67. The van der Waals surface area contributed by atoms with E-state index in [4.69, 9.17) is 5.11 Å². The molecule has 0 bridgehead atoms. The second kappa shape index (κ2) is 6.29. The summed E-state index contributed by atoms with van der Waals surface area (Å²) in [7, 11) is 0. The van der Waals surface area contributed by atoms with Gasteiger partial charge in [0.15, 0.2) is 5.65 Å². The van der Waals surface area contributed by atoms with Gasteiger partial charge in [0.05, 0.1) is 11.8 Å². The van der Waals surface area contributed by atoms with Crippen LogP contribution in [0.15, 0.2) is 67.1 Å². The summed E-state index contributed by atoms with van der Waals surface area (Å²) in [6.45, 7) is 0. The number of carbonyl (C=O) groups is 1. The quantitative estimate of drug-likeness (QED) is 0.583. The highest BCUT2D eigenvalue weighted by Gasteiger charge is 2.15.